The van der Waals surface area contributed by atoms with Crippen LogP contribution < -0.4 is 0 Å². The van der Waals surface area contributed by atoms with Crippen molar-refractivity contribution in [3.8, 4) is 0 Å². The van der Waals surface area contributed by atoms with Gasteiger partial charge in [0.05, 0.1) is 0 Å². The van der Waals surface area contributed by atoms with E-state index in [2.05, 4.69) is 11.9 Å². The standard InChI is InChI=1S/C11H16N2O/c1-2-13-9-8-12-10(13)11(14)6-4-3-5-7-11/h4,6,8-9,14H,2-3,5,7H2,1H3. The molecule has 0 aliphatic heterocycles. The molecule has 0 fully saturated rings. The van der Waals surface area contributed by atoms with E-state index in [1.807, 2.05) is 22.9 Å². The van der Waals surface area contributed by atoms with Gasteiger partial charge in [-0.15, -0.1) is 0 Å². The second kappa shape index (κ2) is 3.58. The number of hydrogen-bond donors (Lipinski definition) is 1. The first-order valence-electron chi connectivity index (χ1n) is 5.18. The third-order valence-electron chi connectivity index (χ3n) is 2.77. The summed E-state index contributed by atoms with van der Waals surface area (Å²) >= 11 is 0. The average Bonchev–Trinajstić information content (AvgIpc) is 2.67. The summed E-state index contributed by atoms with van der Waals surface area (Å²) in [6.45, 7) is 2.91. The maximum absolute atomic E-state index is 10.4. The number of aromatic nitrogens is 2. The van der Waals surface area contributed by atoms with Gasteiger partial charge < -0.3 is 9.67 Å². The molecule has 14 heavy (non-hydrogen) atoms. The minimum Gasteiger partial charge on any atom is -0.378 e. The first-order valence-corrected chi connectivity index (χ1v) is 5.18. The van der Waals surface area contributed by atoms with Gasteiger partial charge in [-0.2, -0.15) is 0 Å². The van der Waals surface area contributed by atoms with E-state index in [0.717, 1.165) is 31.6 Å². The van der Waals surface area contributed by atoms with Crippen LogP contribution >= 0.6 is 0 Å². The lowest BCUT2D eigenvalue weighted by Crippen LogP contribution is -2.29. The van der Waals surface area contributed by atoms with Crippen LogP contribution in [0.25, 0.3) is 0 Å². The van der Waals surface area contributed by atoms with E-state index in [9.17, 15) is 5.11 Å². The lowest BCUT2D eigenvalue weighted by atomic mass is 9.90. The van der Waals surface area contributed by atoms with Crippen molar-refractivity contribution < 1.29 is 5.11 Å². The molecule has 1 unspecified atom stereocenters. The second-order valence-electron chi connectivity index (χ2n) is 3.76. The molecule has 0 bridgehead atoms. The molecule has 3 nitrogen and oxygen atoms in total. The van der Waals surface area contributed by atoms with Crippen LogP contribution in [-0.4, -0.2) is 14.7 Å². The Morgan fingerprint density at radius 1 is 1.64 bits per heavy atom. The summed E-state index contributed by atoms with van der Waals surface area (Å²) < 4.78 is 2.00. The smallest absolute Gasteiger partial charge is 0.144 e. The highest BCUT2D eigenvalue weighted by Gasteiger charge is 2.31. The van der Waals surface area contributed by atoms with E-state index >= 15 is 0 Å². The van der Waals surface area contributed by atoms with Gasteiger partial charge in [-0.3, -0.25) is 0 Å². The Labute approximate surface area is 84.1 Å². The lowest BCUT2D eigenvalue weighted by molar-refractivity contribution is 0.0596. The van der Waals surface area contributed by atoms with Crippen molar-refractivity contribution >= 4 is 0 Å². The molecule has 1 aliphatic carbocycles. The summed E-state index contributed by atoms with van der Waals surface area (Å²) in [5, 5.41) is 10.4. The van der Waals surface area contributed by atoms with E-state index in [0.29, 0.717) is 0 Å². The number of rotatable bonds is 2. The zero-order valence-electron chi connectivity index (χ0n) is 8.48. The number of aryl methyl sites for hydroxylation is 1. The molecule has 3 heteroatoms. The van der Waals surface area contributed by atoms with E-state index in [-0.39, 0.29) is 0 Å². The minimum absolute atomic E-state index is 0.774. The van der Waals surface area contributed by atoms with Crippen molar-refractivity contribution in [3.05, 3.63) is 30.4 Å². The Morgan fingerprint density at radius 3 is 3.14 bits per heavy atom. The van der Waals surface area contributed by atoms with Crippen LogP contribution in [0.2, 0.25) is 0 Å². The van der Waals surface area contributed by atoms with E-state index in [4.69, 9.17) is 0 Å². The topological polar surface area (TPSA) is 38.0 Å². The van der Waals surface area contributed by atoms with Gasteiger partial charge in [-0.25, -0.2) is 4.98 Å². The Bertz CT molecular complexity index is 343. The molecule has 0 aromatic carbocycles. The van der Waals surface area contributed by atoms with Gasteiger partial charge in [0.25, 0.3) is 0 Å². The average molecular weight is 192 g/mol. The highest BCUT2D eigenvalue weighted by atomic mass is 16.3. The normalized spacial score (nSPS) is 26.7. The van der Waals surface area contributed by atoms with Crippen molar-refractivity contribution in [2.24, 2.45) is 0 Å². The van der Waals surface area contributed by atoms with E-state index in [1.165, 1.54) is 0 Å². The van der Waals surface area contributed by atoms with Crippen LogP contribution in [0.5, 0.6) is 0 Å². The molecule has 1 atom stereocenters. The van der Waals surface area contributed by atoms with Crippen LogP contribution in [-0.2, 0) is 12.1 Å². The molecule has 0 radical (unpaired) electrons. The lowest BCUT2D eigenvalue weighted by Gasteiger charge is -2.27. The predicted molar refractivity (Wildman–Crippen MR) is 54.8 cm³/mol. The molecule has 0 amide bonds. The zero-order valence-corrected chi connectivity index (χ0v) is 8.48. The Balaban J connectivity index is 2.37. The third kappa shape index (κ3) is 1.48. The van der Waals surface area contributed by atoms with Gasteiger partial charge in [0.1, 0.15) is 11.4 Å². The quantitative estimate of drug-likeness (QED) is 0.726. The van der Waals surface area contributed by atoms with Gasteiger partial charge in [0, 0.05) is 18.9 Å². The van der Waals surface area contributed by atoms with Gasteiger partial charge >= 0.3 is 0 Å². The summed E-state index contributed by atoms with van der Waals surface area (Å²) in [4.78, 5) is 4.24. The molecule has 1 aliphatic rings. The van der Waals surface area contributed by atoms with Gasteiger partial charge in [-0.05, 0) is 32.3 Å². The van der Waals surface area contributed by atoms with E-state index < -0.39 is 5.60 Å². The van der Waals surface area contributed by atoms with Crippen LogP contribution in [0.3, 0.4) is 0 Å². The molecular formula is C11H16N2O. The van der Waals surface area contributed by atoms with Crippen LogP contribution in [0.1, 0.15) is 32.0 Å². The molecule has 0 saturated carbocycles. The molecule has 76 valence electrons. The van der Waals surface area contributed by atoms with Crippen LogP contribution in [0.4, 0.5) is 0 Å². The molecule has 1 aromatic heterocycles. The SMILES string of the molecule is CCn1ccnc1C1(O)C=CCCC1. The largest absolute Gasteiger partial charge is 0.378 e. The van der Waals surface area contributed by atoms with Crippen molar-refractivity contribution in [1.29, 1.82) is 0 Å². The second-order valence-corrected chi connectivity index (χ2v) is 3.76. The maximum Gasteiger partial charge on any atom is 0.144 e. The number of aliphatic hydroxyl groups is 1. The van der Waals surface area contributed by atoms with Crippen molar-refractivity contribution in [3.63, 3.8) is 0 Å². The van der Waals surface area contributed by atoms with Gasteiger partial charge in [0.2, 0.25) is 0 Å². The van der Waals surface area contributed by atoms with Gasteiger partial charge in [-0.1, -0.05) is 6.08 Å². The summed E-state index contributed by atoms with van der Waals surface area (Å²) in [6.07, 6.45) is 10.5. The van der Waals surface area contributed by atoms with Crippen molar-refractivity contribution in [2.75, 3.05) is 0 Å². The summed E-state index contributed by atoms with van der Waals surface area (Å²) in [5.41, 5.74) is -0.836. The highest BCUT2D eigenvalue weighted by molar-refractivity contribution is 5.16. The number of hydrogen-bond acceptors (Lipinski definition) is 2. The van der Waals surface area contributed by atoms with Crippen LogP contribution in [0.15, 0.2) is 24.5 Å². The highest BCUT2D eigenvalue weighted by Crippen LogP contribution is 2.31. The molecule has 1 aromatic rings. The fourth-order valence-electron chi connectivity index (χ4n) is 1.98. The Kier molecular flexibility index (Phi) is 2.42. The molecule has 1 heterocycles. The third-order valence-corrected chi connectivity index (χ3v) is 2.77. The number of imidazole rings is 1. The first-order chi connectivity index (χ1) is 6.76. The van der Waals surface area contributed by atoms with Crippen molar-refractivity contribution in [1.82, 2.24) is 9.55 Å². The summed E-state index contributed by atoms with van der Waals surface area (Å²) in [6, 6.07) is 0. The summed E-state index contributed by atoms with van der Waals surface area (Å²) in [5.74, 6) is 0.774. The summed E-state index contributed by atoms with van der Waals surface area (Å²) in [7, 11) is 0. The Morgan fingerprint density at radius 2 is 2.50 bits per heavy atom. The number of allylic oxidation sites excluding steroid dienone is 1. The van der Waals surface area contributed by atoms with Crippen molar-refractivity contribution in [2.45, 2.75) is 38.3 Å². The molecule has 1 N–H and O–H groups in total. The number of nitrogens with zero attached hydrogens (tertiary/aromatic N) is 2. The Hall–Kier alpha value is -1.09. The van der Waals surface area contributed by atoms with E-state index in [1.54, 1.807) is 6.20 Å². The minimum atomic E-state index is -0.836. The zero-order chi connectivity index (χ0) is 10.0. The van der Waals surface area contributed by atoms with Gasteiger partial charge in [0.15, 0.2) is 0 Å². The fourth-order valence-corrected chi connectivity index (χ4v) is 1.98. The molecular weight excluding hydrogens is 176 g/mol. The maximum atomic E-state index is 10.4. The molecule has 0 spiro atoms. The molecule has 2 rings (SSSR count). The van der Waals surface area contributed by atoms with Crippen LogP contribution in [0, 0.1) is 0 Å². The first kappa shape index (κ1) is 9.46. The monoisotopic (exact) mass is 192 g/mol. The predicted octanol–water partition coefficient (Wildman–Crippen LogP) is 1.83. The molecule has 0 saturated heterocycles. The fraction of sp³-hybridized carbons (Fsp3) is 0.545.